The Kier molecular flexibility index (Phi) is 7.42. The lowest BCUT2D eigenvalue weighted by Crippen LogP contribution is -3.00. The monoisotopic (exact) mass is 429 g/mol. The van der Waals surface area contributed by atoms with Crippen molar-refractivity contribution in [2.45, 2.75) is 44.6 Å². The van der Waals surface area contributed by atoms with Gasteiger partial charge in [-0.25, -0.2) is 30.5 Å². The van der Waals surface area contributed by atoms with Crippen LogP contribution in [-0.2, 0) is 4.79 Å². The second-order valence-corrected chi connectivity index (χ2v) is 7.85. The number of hydrogen-bond donors (Lipinski definition) is 5. The normalized spacial score (nSPS) is 30.4. The quantitative estimate of drug-likeness (QED) is 0.371. The highest BCUT2D eigenvalue weighted by Crippen LogP contribution is 2.31. The number of carbonyl (C=O) groups is 1. The van der Waals surface area contributed by atoms with Crippen LogP contribution in [0.15, 0.2) is 18.2 Å². The van der Waals surface area contributed by atoms with Gasteiger partial charge >= 0.3 is 0 Å². The van der Waals surface area contributed by atoms with E-state index in [1.165, 1.54) is 6.07 Å². The molecule has 4 rings (SSSR count). The summed E-state index contributed by atoms with van der Waals surface area (Å²) in [5, 5.41) is 3.11. The molecule has 1 amide bonds. The molecule has 3 heterocycles. The summed E-state index contributed by atoms with van der Waals surface area (Å²) in [6.07, 6.45) is 1.91. The fourth-order valence-corrected chi connectivity index (χ4v) is 4.44. The third kappa shape index (κ3) is 4.70. The molecule has 0 radical (unpaired) electrons. The van der Waals surface area contributed by atoms with Crippen molar-refractivity contribution in [3.05, 3.63) is 35.4 Å². The zero-order chi connectivity index (χ0) is 19.7. The Hall–Kier alpha value is -1.36. The minimum absolute atomic E-state index is 0. The summed E-state index contributed by atoms with van der Waals surface area (Å²) < 4.78 is 27.8. The zero-order valence-corrected chi connectivity index (χ0v) is 17.1. The third-order valence-electron chi connectivity index (χ3n) is 6.23. The number of amides is 1. The zero-order valence-electron chi connectivity index (χ0n) is 16.4. The van der Waals surface area contributed by atoms with Gasteiger partial charge in [-0.3, -0.25) is 4.79 Å². The standard InChI is InChI=1S/C19H28F2N6O.ClH/c1-2-27-8-6-11(7-9-27)19(28)22-17-13-10-15(23-25-18(13)26-24-17)12-4-3-5-14(20)16(12)21;/h3-5,11,13,15,17-18,23-26H,2,6-10H2,1H3,(H,22,28);1H/p-1. The Bertz CT molecular complexity index is 718. The van der Waals surface area contributed by atoms with Crippen molar-refractivity contribution in [2.24, 2.45) is 11.8 Å². The molecule has 0 aliphatic carbocycles. The molecule has 3 saturated heterocycles. The number of nitrogens with one attached hydrogen (secondary N) is 5. The van der Waals surface area contributed by atoms with Crippen molar-refractivity contribution in [3.63, 3.8) is 0 Å². The Balaban J connectivity index is 0.00000240. The van der Waals surface area contributed by atoms with E-state index >= 15 is 0 Å². The summed E-state index contributed by atoms with van der Waals surface area (Å²) in [5.41, 5.74) is 12.7. The molecular weight excluding hydrogens is 402 g/mol. The summed E-state index contributed by atoms with van der Waals surface area (Å²) >= 11 is 0. The molecule has 3 aliphatic heterocycles. The molecular formula is C19H28ClF2N6O-. The van der Waals surface area contributed by atoms with Gasteiger partial charge in [-0.1, -0.05) is 19.1 Å². The summed E-state index contributed by atoms with van der Waals surface area (Å²) in [5.74, 6) is -1.61. The molecule has 3 aliphatic rings. The van der Waals surface area contributed by atoms with Gasteiger partial charge in [-0.05, 0) is 45.0 Å². The molecule has 1 aromatic carbocycles. The number of halogens is 3. The first kappa shape index (κ1) is 22.3. The Morgan fingerprint density at radius 3 is 2.62 bits per heavy atom. The maximum atomic E-state index is 14.2. The van der Waals surface area contributed by atoms with E-state index in [4.69, 9.17) is 0 Å². The van der Waals surface area contributed by atoms with Crippen molar-refractivity contribution in [2.75, 3.05) is 19.6 Å². The van der Waals surface area contributed by atoms with Crippen LogP contribution in [0, 0.1) is 23.5 Å². The number of nitrogens with zero attached hydrogens (tertiary/aromatic N) is 1. The van der Waals surface area contributed by atoms with Crippen molar-refractivity contribution in [1.29, 1.82) is 0 Å². The van der Waals surface area contributed by atoms with Gasteiger partial charge in [0.05, 0.1) is 12.3 Å². The van der Waals surface area contributed by atoms with Crippen LogP contribution in [0.1, 0.15) is 37.8 Å². The molecule has 7 nitrogen and oxygen atoms in total. The smallest absolute Gasteiger partial charge is 0.224 e. The molecule has 0 spiro atoms. The van der Waals surface area contributed by atoms with Crippen LogP contribution in [0.4, 0.5) is 8.78 Å². The van der Waals surface area contributed by atoms with E-state index in [2.05, 4.69) is 38.8 Å². The number of fused-ring (bicyclic) bond motifs is 1. The van der Waals surface area contributed by atoms with Gasteiger partial charge in [0.2, 0.25) is 5.91 Å². The highest BCUT2D eigenvalue weighted by molar-refractivity contribution is 5.79. The topological polar surface area (TPSA) is 80.5 Å². The summed E-state index contributed by atoms with van der Waals surface area (Å²) in [7, 11) is 0. The predicted octanol–water partition coefficient (Wildman–Crippen LogP) is -2.27. The molecule has 5 N–H and O–H groups in total. The highest BCUT2D eigenvalue weighted by atomic mass is 35.5. The van der Waals surface area contributed by atoms with E-state index in [1.54, 1.807) is 6.07 Å². The van der Waals surface area contributed by atoms with E-state index in [9.17, 15) is 13.6 Å². The number of hydrogen-bond acceptors (Lipinski definition) is 6. The van der Waals surface area contributed by atoms with Gasteiger partial charge in [-0.2, -0.15) is 0 Å². The highest BCUT2D eigenvalue weighted by Gasteiger charge is 2.42. The number of carbonyl (C=O) groups excluding carboxylic acids is 1. The lowest BCUT2D eigenvalue weighted by Gasteiger charge is -2.36. The average Bonchev–Trinajstić information content (AvgIpc) is 3.12. The van der Waals surface area contributed by atoms with Crippen molar-refractivity contribution in [3.8, 4) is 0 Å². The summed E-state index contributed by atoms with van der Waals surface area (Å²) in [6.45, 7) is 5.05. The van der Waals surface area contributed by atoms with Crippen LogP contribution in [0.25, 0.3) is 0 Å². The number of hydrazine groups is 2. The molecule has 0 aromatic heterocycles. The van der Waals surface area contributed by atoms with E-state index in [-0.39, 0.29) is 54.1 Å². The molecule has 4 atom stereocenters. The Labute approximate surface area is 175 Å². The largest absolute Gasteiger partial charge is 1.00 e. The van der Waals surface area contributed by atoms with Gasteiger partial charge in [0.25, 0.3) is 0 Å². The van der Waals surface area contributed by atoms with Crippen LogP contribution in [-0.4, -0.2) is 42.8 Å². The molecule has 1 aromatic rings. The van der Waals surface area contributed by atoms with E-state index in [0.717, 1.165) is 38.5 Å². The van der Waals surface area contributed by atoms with E-state index in [0.29, 0.717) is 6.42 Å². The van der Waals surface area contributed by atoms with Crippen LogP contribution < -0.4 is 39.4 Å². The predicted molar refractivity (Wildman–Crippen MR) is 100 cm³/mol. The van der Waals surface area contributed by atoms with Crippen LogP contribution in [0.5, 0.6) is 0 Å². The second kappa shape index (κ2) is 9.63. The molecule has 0 bridgehead atoms. The number of benzene rings is 1. The van der Waals surface area contributed by atoms with E-state index < -0.39 is 11.6 Å². The van der Waals surface area contributed by atoms with E-state index in [1.807, 2.05) is 0 Å². The van der Waals surface area contributed by atoms with Crippen LogP contribution in [0.2, 0.25) is 0 Å². The first-order chi connectivity index (χ1) is 13.6. The molecule has 10 heteroatoms. The van der Waals surface area contributed by atoms with Gasteiger partial charge in [0, 0.05) is 23.4 Å². The molecule has 3 fully saturated rings. The fraction of sp³-hybridized carbons (Fsp3) is 0.632. The maximum absolute atomic E-state index is 14.2. The average molecular weight is 430 g/mol. The minimum Gasteiger partial charge on any atom is -1.00 e. The SMILES string of the molecule is CCN1CCC(C(=O)NC2NNC3NNC(c4cccc(F)c4F)CC32)CC1.[Cl-]. The minimum atomic E-state index is -0.854. The Morgan fingerprint density at radius 1 is 1.17 bits per heavy atom. The van der Waals surface area contributed by atoms with Crippen LogP contribution in [0.3, 0.4) is 0 Å². The second-order valence-electron chi connectivity index (χ2n) is 7.85. The number of likely N-dealkylation sites (tertiary alicyclic amines) is 1. The van der Waals surface area contributed by atoms with Crippen molar-refractivity contribution >= 4 is 5.91 Å². The summed E-state index contributed by atoms with van der Waals surface area (Å²) in [6, 6.07) is 3.83. The molecule has 4 unspecified atom stereocenters. The number of piperidine rings is 1. The van der Waals surface area contributed by atoms with Crippen molar-refractivity contribution < 1.29 is 26.0 Å². The van der Waals surface area contributed by atoms with Gasteiger partial charge in [0.1, 0.15) is 0 Å². The maximum Gasteiger partial charge on any atom is 0.224 e. The lowest BCUT2D eigenvalue weighted by molar-refractivity contribution is -0.127. The number of rotatable bonds is 4. The first-order valence-electron chi connectivity index (χ1n) is 10.1. The molecule has 29 heavy (non-hydrogen) atoms. The summed E-state index contributed by atoms with van der Waals surface area (Å²) in [4.78, 5) is 15.1. The van der Waals surface area contributed by atoms with Gasteiger partial charge in [-0.15, -0.1) is 0 Å². The Morgan fingerprint density at radius 2 is 1.90 bits per heavy atom. The van der Waals surface area contributed by atoms with Gasteiger partial charge in [0.15, 0.2) is 11.6 Å². The third-order valence-corrected chi connectivity index (χ3v) is 6.23. The molecule has 162 valence electrons. The van der Waals surface area contributed by atoms with Crippen LogP contribution >= 0.6 is 0 Å². The fourth-order valence-electron chi connectivity index (χ4n) is 4.44. The van der Waals surface area contributed by atoms with Crippen molar-refractivity contribution in [1.82, 2.24) is 31.9 Å². The van der Waals surface area contributed by atoms with Gasteiger partial charge < -0.3 is 22.6 Å². The first-order valence-corrected chi connectivity index (χ1v) is 10.1. The lowest BCUT2D eigenvalue weighted by atomic mass is 9.89. The molecule has 0 saturated carbocycles.